The maximum atomic E-state index is 13.2. The highest BCUT2D eigenvalue weighted by molar-refractivity contribution is 5.79. The Morgan fingerprint density at radius 3 is 2.67 bits per heavy atom. The number of ether oxygens (including phenoxy) is 2. The van der Waals surface area contributed by atoms with E-state index in [0.29, 0.717) is 50.7 Å². The first-order valence-electron chi connectivity index (χ1n) is 10.7. The summed E-state index contributed by atoms with van der Waals surface area (Å²) in [6.45, 7) is 3.85. The van der Waals surface area contributed by atoms with Crippen LogP contribution in [-0.4, -0.2) is 52.5 Å². The number of aliphatic imine (C=N–C) groups is 1. The lowest BCUT2D eigenvalue weighted by molar-refractivity contribution is -0.137. The Balaban J connectivity index is 1.56. The lowest BCUT2D eigenvalue weighted by Gasteiger charge is -2.38. The molecule has 2 fully saturated rings. The highest BCUT2D eigenvalue weighted by Crippen LogP contribution is 2.37. The first kappa shape index (κ1) is 22.9. The van der Waals surface area contributed by atoms with E-state index in [4.69, 9.17) is 9.47 Å². The minimum atomic E-state index is -4.35. The van der Waals surface area contributed by atoms with Gasteiger partial charge in [0.25, 0.3) is 0 Å². The van der Waals surface area contributed by atoms with Gasteiger partial charge in [0.2, 0.25) is 0 Å². The highest BCUT2D eigenvalue weighted by Gasteiger charge is 2.37. The zero-order chi connectivity index (χ0) is 21.5. The van der Waals surface area contributed by atoms with Crippen LogP contribution in [0, 0.1) is 5.92 Å². The second-order valence-electron chi connectivity index (χ2n) is 8.20. The van der Waals surface area contributed by atoms with E-state index in [0.717, 1.165) is 31.6 Å². The van der Waals surface area contributed by atoms with Crippen LogP contribution in [-0.2, 0) is 21.1 Å². The molecule has 8 heteroatoms. The molecular formula is C22H32F3N3O2. The molecule has 30 heavy (non-hydrogen) atoms. The largest absolute Gasteiger partial charge is 0.416 e. The van der Waals surface area contributed by atoms with Gasteiger partial charge in [0.15, 0.2) is 5.96 Å². The Labute approximate surface area is 176 Å². The van der Waals surface area contributed by atoms with Gasteiger partial charge >= 0.3 is 6.18 Å². The monoisotopic (exact) mass is 427 g/mol. The Morgan fingerprint density at radius 2 is 2.00 bits per heavy atom. The Hall–Kier alpha value is -1.80. The zero-order valence-corrected chi connectivity index (χ0v) is 17.6. The normalized spacial score (nSPS) is 19.5. The van der Waals surface area contributed by atoms with Crippen LogP contribution in [0.15, 0.2) is 29.3 Å². The van der Waals surface area contributed by atoms with Crippen LogP contribution in [0.1, 0.15) is 43.2 Å². The quantitative estimate of drug-likeness (QED) is 0.358. The van der Waals surface area contributed by atoms with Gasteiger partial charge in [0.1, 0.15) is 0 Å². The zero-order valence-electron chi connectivity index (χ0n) is 17.6. The molecule has 1 aromatic carbocycles. The molecule has 1 aliphatic heterocycles. The number of guanidine groups is 1. The topological polar surface area (TPSA) is 54.9 Å². The summed E-state index contributed by atoms with van der Waals surface area (Å²) >= 11 is 0. The summed E-state index contributed by atoms with van der Waals surface area (Å²) in [7, 11) is 1.69. The second kappa shape index (κ2) is 10.5. The third-order valence-electron chi connectivity index (χ3n) is 5.88. The molecule has 1 saturated carbocycles. The Morgan fingerprint density at radius 1 is 1.23 bits per heavy atom. The molecule has 1 heterocycles. The average molecular weight is 428 g/mol. The van der Waals surface area contributed by atoms with Crippen LogP contribution in [0.4, 0.5) is 13.2 Å². The number of halogens is 3. The van der Waals surface area contributed by atoms with E-state index in [1.54, 1.807) is 13.1 Å². The van der Waals surface area contributed by atoms with E-state index in [2.05, 4.69) is 15.6 Å². The van der Waals surface area contributed by atoms with Crippen molar-refractivity contribution in [3.8, 4) is 0 Å². The predicted molar refractivity (Wildman–Crippen MR) is 111 cm³/mol. The van der Waals surface area contributed by atoms with Crippen LogP contribution in [0.3, 0.4) is 0 Å². The summed E-state index contributed by atoms with van der Waals surface area (Å²) in [5.41, 5.74) is -0.346. The van der Waals surface area contributed by atoms with Crippen molar-refractivity contribution in [1.29, 1.82) is 0 Å². The number of alkyl halides is 3. The SMILES string of the molecule is CN=C(NCCCOCC1CC1)NCC1(c2cccc(C(F)(F)F)c2)CCOCC1. The van der Waals surface area contributed by atoms with Gasteiger partial charge in [-0.05, 0) is 49.7 Å². The molecule has 0 amide bonds. The molecule has 2 N–H and O–H groups in total. The van der Waals surface area contributed by atoms with Crippen molar-refractivity contribution in [3.63, 3.8) is 0 Å². The fourth-order valence-corrected chi connectivity index (χ4v) is 3.74. The first-order chi connectivity index (χ1) is 14.4. The third kappa shape index (κ3) is 6.60. The molecule has 0 atom stereocenters. The molecule has 2 aliphatic rings. The van der Waals surface area contributed by atoms with Gasteiger partial charge in [-0.2, -0.15) is 13.2 Å². The van der Waals surface area contributed by atoms with Gasteiger partial charge in [-0.15, -0.1) is 0 Å². The van der Waals surface area contributed by atoms with Gasteiger partial charge in [-0.1, -0.05) is 18.2 Å². The predicted octanol–water partition coefficient (Wildman–Crippen LogP) is 3.74. The van der Waals surface area contributed by atoms with Crippen molar-refractivity contribution >= 4 is 5.96 Å². The molecule has 0 unspecified atom stereocenters. The van der Waals surface area contributed by atoms with E-state index in [-0.39, 0.29) is 0 Å². The second-order valence-corrected chi connectivity index (χ2v) is 8.20. The van der Waals surface area contributed by atoms with Crippen LogP contribution >= 0.6 is 0 Å². The van der Waals surface area contributed by atoms with Gasteiger partial charge < -0.3 is 20.1 Å². The minimum absolute atomic E-state index is 0.426. The lowest BCUT2D eigenvalue weighted by Crippen LogP contribution is -2.48. The molecule has 0 aromatic heterocycles. The van der Waals surface area contributed by atoms with Crippen LogP contribution in [0.2, 0.25) is 0 Å². The number of nitrogens with zero attached hydrogens (tertiary/aromatic N) is 1. The van der Waals surface area contributed by atoms with Crippen LogP contribution in [0.5, 0.6) is 0 Å². The molecule has 1 aliphatic carbocycles. The number of rotatable bonds is 9. The summed E-state index contributed by atoms with van der Waals surface area (Å²) in [6, 6.07) is 5.68. The first-order valence-corrected chi connectivity index (χ1v) is 10.7. The maximum absolute atomic E-state index is 13.2. The fourth-order valence-electron chi connectivity index (χ4n) is 3.74. The Kier molecular flexibility index (Phi) is 7.99. The molecule has 1 saturated heterocycles. The minimum Gasteiger partial charge on any atom is -0.381 e. The lowest BCUT2D eigenvalue weighted by atomic mass is 9.73. The van der Waals surface area contributed by atoms with Gasteiger partial charge in [-0.3, -0.25) is 4.99 Å². The molecule has 168 valence electrons. The summed E-state index contributed by atoms with van der Waals surface area (Å²) in [4.78, 5) is 4.25. The molecule has 5 nitrogen and oxygen atoms in total. The van der Waals surface area contributed by atoms with Crippen LogP contribution in [0.25, 0.3) is 0 Å². The number of benzene rings is 1. The summed E-state index contributed by atoms with van der Waals surface area (Å²) in [6.07, 6.45) is 0.413. The molecule has 0 radical (unpaired) electrons. The summed E-state index contributed by atoms with van der Waals surface area (Å²) in [5, 5.41) is 6.58. The van der Waals surface area contributed by atoms with Crippen molar-refractivity contribution in [3.05, 3.63) is 35.4 Å². The van der Waals surface area contributed by atoms with E-state index >= 15 is 0 Å². The molecule has 1 aromatic rings. The third-order valence-corrected chi connectivity index (χ3v) is 5.88. The molecule has 3 rings (SSSR count). The number of hydrogen-bond acceptors (Lipinski definition) is 3. The highest BCUT2D eigenvalue weighted by atomic mass is 19.4. The summed E-state index contributed by atoms with van der Waals surface area (Å²) in [5.74, 6) is 1.41. The number of nitrogens with one attached hydrogen (secondary N) is 2. The van der Waals surface area contributed by atoms with Crippen molar-refractivity contribution in [2.75, 3.05) is 46.6 Å². The summed E-state index contributed by atoms with van der Waals surface area (Å²) < 4.78 is 50.8. The molecule has 0 bridgehead atoms. The number of hydrogen-bond donors (Lipinski definition) is 2. The van der Waals surface area contributed by atoms with Crippen molar-refractivity contribution in [2.45, 2.75) is 43.7 Å². The van der Waals surface area contributed by atoms with E-state index in [1.807, 2.05) is 0 Å². The van der Waals surface area contributed by atoms with Crippen molar-refractivity contribution < 1.29 is 22.6 Å². The van der Waals surface area contributed by atoms with E-state index in [1.165, 1.54) is 25.0 Å². The van der Waals surface area contributed by atoms with Crippen molar-refractivity contribution in [1.82, 2.24) is 10.6 Å². The van der Waals surface area contributed by atoms with Gasteiger partial charge in [-0.25, -0.2) is 0 Å². The standard InChI is InChI=1S/C22H32F3N3O2/c1-26-20(27-10-3-11-30-15-17-6-7-17)28-16-21(8-12-29-13-9-21)18-4-2-5-19(14-18)22(23,24)25/h2,4-5,14,17H,3,6-13,15-16H2,1H3,(H2,26,27,28). The van der Waals surface area contributed by atoms with Gasteiger partial charge in [0.05, 0.1) is 5.56 Å². The van der Waals surface area contributed by atoms with Crippen molar-refractivity contribution in [2.24, 2.45) is 10.9 Å². The fraction of sp³-hybridized carbons (Fsp3) is 0.682. The smallest absolute Gasteiger partial charge is 0.381 e. The average Bonchev–Trinajstić information content (AvgIpc) is 3.57. The van der Waals surface area contributed by atoms with E-state index < -0.39 is 17.2 Å². The molecule has 0 spiro atoms. The maximum Gasteiger partial charge on any atom is 0.416 e. The van der Waals surface area contributed by atoms with E-state index in [9.17, 15) is 13.2 Å². The van der Waals surface area contributed by atoms with Gasteiger partial charge in [0, 0.05) is 52.0 Å². The van der Waals surface area contributed by atoms with Crippen LogP contribution < -0.4 is 10.6 Å². The Bertz CT molecular complexity index is 699. The molecular weight excluding hydrogens is 395 g/mol.